The summed E-state index contributed by atoms with van der Waals surface area (Å²) in [5.74, 6) is 0.880. The number of carbonyl (C=O) groups is 1. The summed E-state index contributed by atoms with van der Waals surface area (Å²) in [6.45, 7) is 0. The molecular weight excluding hydrogens is 180 g/mol. The number of rotatable bonds is 1. The van der Waals surface area contributed by atoms with Gasteiger partial charge < -0.3 is 15.6 Å². The summed E-state index contributed by atoms with van der Waals surface area (Å²) in [5, 5.41) is 2.86. The highest BCUT2D eigenvalue weighted by Gasteiger charge is 2.29. The lowest BCUT2D eigenvalue weighted by atomic mass is 9.98. The van der Waals surface area contributed by atoms with Crippen LogP contribution in [0.4, 0.5) is 0 Å². The lowest BCUT2D eigenvalue weighted by Crippen LogP contribution is -2.46. The van der Waals surface area contributed by atoms with E-state index in [1.54, 1.807) is 6.20 Å². The Bertz CT molecular complexity index is 346. The summed E-state index contributed by atoms with van der Waals surface area (Å²) in [4.78, 5) is 15.4. The zero-order valence-electron chi connectivity index (χ0n) is 8.10. The number of nitrogens with two attached hydrogens (primary N) is 1. The minimum Gasteiger partial charge on any atom is -0.345 e. The molecule has 3 N–H and O–H groups in total. The SMILES string of the molecule is Cn1ccnc1[C@@H]1NC(=O)CC[C@H]1N. The van der Waals surface area contributed by atoms with Crippen molar-refractivity contribution in [2.75, 3.05) is 0 Å². The van der Waals surface area contributed by atoms with Gasteiger partial charge >= 0.3 is 0 Å². The molecule has 0 unspecified atom stereocenters. The Hall–Kier alpha value is -1.36. The summed E-state index contributed by atoms with van der Waals surface area (Å²) in [6.07, 6.45) is 4.80. The Kier molecular flexibility index (Phi) is 2.25. The molecular formula is C9H14N4O. The molecule has 1 amide bonds. The van der Waals surface area contributed by atoms with Gasteiger partial charge in [-0.25, -0.2) is 4.98 Å². The molecule has 2 rings (SSSR count). The Morgan fingerprint density at radius 3 is 3.14 bits per heavy atom. The molecule has 0 saturated carbocycles. The van der Waals surface area contributed by atoms with Crippen LogP contribution in [0, 0.1) is 0 Å². The number of amides is 1. The lowest BCUT2D eigenvalue weighted by Gasteiger charge is -2.28. The number of hydrogen-bond acceptors (Lipinski definition) is 3. The van der Waals surface area contributed by atoms with Crippen molar-refractivity contribution >= 4 is 5.91 Å². The molecule has 2 heterocycles. The summed E-state index contributed by atoms with van der Waals surface area (Å²) in [7, 11) is 1.90. The van der Waals surface area contributed by atoms with Crippen molar-refractivity contribution in [2.45, 2.75) is 24.9 Å². The number of carbonyl (C=O) groups excluding carboxylic acids is 1. The third-order valence-corrected chi connectivity index (χ3v) is 2.59. The Morgan fingerprint density at radius 1 is 1.71 bits per heavy atom. The van der Waals surface area contributed by atoms with Crippen LogP contribution in [0.5, 0.6) is 0 Å². The first-order valence-corrected chi connectivity index (χ1v) is 4.70. The van der Waals surface area contributed by atoms with Gasteiger partial charge in [0.1, 0.15) is 11.9 Å². The monoisotopic (exact) mass is 194 g/mol. The highest BCUT2D eigenvalue weighted by Crippen LogP contribution is 2.20. The normalized spacial score (nSPS) is 27.4. The molecule has 0 radical (unpaired) electrons. The van der Waals surface area contributed by atoms with Crippen LogP contribution in [0.3, 0.4) is 0 Å². The van der Waals surface area contributed by atoms with Crippen LogP contribution in [0.15, 0.2) is 12.4 Å². The molecule has 1 aliphatic heterocycles. The van der Waals surface area contributed by atoms with E-state index in [1.807, 2.05) is 17.8 Å². The molecule has 14 heavy (non-hydrogen) atoms. The maximum absolute atomic E-state index is 11.2. The summed E-state index contributed by atoms with van der Waals surface area (Å²) < 4.78 is 1.89. The van der Waals surface area contributed by atoms with Gasteiger partial charge in [-0.05, 0) is 6.42 Å². The van der Waals surface area contributed by atoms with Crippen LogP contribution in [0.2, 0.25) is 0 Å². The van der Waals surface area contributed by atoms with E-state index in [0.29, 0.717) is 6.42 Å². The third-order valence-electron chi connectivity index (χ3n) is 2.59. The molecule has 1 saturated heterocycles. The van der Waals surface area contributed by atoms with E-state index in [2.05, 4.69) is 10.3 Å². The van der Waals surface area contributed by atoms with E-state index < -0.39 is 0 Å². The number of nitrogens with zero attached hydrogens (tertiary/aromatic N) is 2. The van der Waals surface area contributed by atoms with Gasteiger partial charge in [0.2, 0.25) is 5.91 Å². The van der Waals surface area contributed by atoms with E-state index >= 15 is 0 Å². The molecule has 1 aliphatic rings. The molecule has 0 bridgehead atoms. The van der Waals surface area contributed by atoms with Crippen LogP contribution in [-0.4, -0.2) is 21.5 Å². The fourth-order valence-corrected chi connectivity index (χ4v) is 1.75. The van der Waals surface area contributed by atoms with Crippen molar-refractivity contribution in [1.29, 1.82) is 0 Å². The molecule has 76 valence electrons. The van der Waals surface area contributed by atoms with Crippen molar-refractivity contribution in [3.8, 4) is 0 Å². The molecule has 0 spiro atoms. The first kappa shape index (κ1) is 9.21. The quantitative estimate of drug-likeness (QED) is 0.644. The van der Waals surface area contributed by atoms with Gasteiger partial charge in [-0.2, -0.15) is 0 Å². The number of aromatic nitrogens is 2. The standard InChI is InChI=1S/C9H14N4O/c1-13-5-4-11-9(13)8-6(10)2-3-7(14)12-8/h4-6,8H,2-3,10H2,1H3,(H,12,14)/t6-,8-/m1/s1. The first-order chi connectivity index (χ1) is 6.68. The van der Waals surface area contributed by atoms with Crippen LogP contribution in [-0.2, 0) is 11.8 Å². The maximum Gasteiger partial charge on any atom is 0.220 e. The van der Waals surface area contributed by atoms with Crippen LogP contribution in [0.1, 0.15) is 24.7 Å². The van der Waals surface area contributed by atoms with Gasteiger partial charge in [-0.3, -0.25) is 4.79 Å². The average Bonchev–Trinajstić information content (AvgIpc) is 2.56. The van der Waals surface area contributed by atoms with Crippen molar-refractivity contribution in [3.05, 3.63) is 18.2 Å². The van der Waals surface area contributed by atoms with E-state index in [9.17, 15) is 4.79 Å². The van der Waals surface area contributed by atoms with Gasteiger partial charge in [0.15, 0.2) is 0 Å². The Labute approximate surface area is 82.3 Å². The van der Waals surface area contributed by atoms with Crippen molar-refractivity contribution < 1.29 is 4.79 Å². The summed E-state index contributed by atoms with van der Waals surface area (Å²) >= 11 is 0. The van der Waals surface area contributed by atoms with Gasteiger partial charge in [0, 0.05) is 31.9 Å². The smallest absolute Gasteiger partial charge is 0.220 e. The second-order valence-electron chi connectivity index (χ2n) is 3.64. The minimum absolute atomic E-state index is 0.0335. The number of aryl methyl sites for hydroxylation is 1. The number of nitrogens with one attached hydrogen (secondary N) is 1. The van der Waals surface area contributed by atoms with Crippen molar-refractivity contribution in [3.63, 3.8) is 0 Å². The Morgan fingerprint density at radius 2 is 2.50 bits per heavy atom. The second-order valence-corrected chi connectivity index (χ2v) is 3.64. The minimum atomic E-state index is -0.142. The highest BCUT2D eigenvalue weighted by molar-refractivity contribution is 5.77. The lowest BCUT2D eigenvalue weighted by molar-refractivity contribution is -0.123. The zero-order valence-corrected chi connectivity index (χ0v) is 8.10. The third kappa shape index (κ3) is 1.50. The second kappa shape index (κ2) is 3.42. The fraction of sp³-hybridized carbons (Fsp3) is 0.556. The van der Waals surface area contributed by atoms with Gasteiger partial charge in [-0.15, -0.1) is 0 Å². The maximum atomic E-state index is 11.2. The molecule has 1 fully saturated rings. The average molecular weight is 194 g/mol. The Balaban J connectivity index is 2.24. The number of piperidine rings is 1. The van der Waals surface area contributed by atoms with Crippen LogP contribution in [0.25, 0.3) is 0 Å². The molecule has 1 aromatic heterocycles. The molecule has 5 nitrogen and oxygen atoms in total. The highest BCUT2D eigenvalue weighted by atomic mass is 16.1. The van der Waals surface area contributed by atoms with Crippen LogP contribution >= 0.6 is 0 Å². The van der Waals surface area contributed by atoms with Crippen molar-refractivity contribution in [2.24, 2.45) is 12.8 Å². The topological polar surface area (TPSA) is 72.9 Å². The first-order valence-electron chi connectivity index (χ1n) is 4.70. The molecule has 0 aliphatic carbocycles. The van der Waals surface area contributed by atoms with Crippen molar-refractivity contribution in [1.82, 2.24) is 14.9 Å². The largest absolute Gasteiger partial charge is 0.345 e. The van der Waals surface area contributed by atoms with E-state index in [-0.39, 0.29) is 18.0 Å². The number of hydrogen-bond donors (Lipinski definition) is 2. The van der Waals surface area contributed by atoms with E-state index in [4.69, 9.17) is 5.73 Å². The van der Waals surface area contributed by atoms with Gasteiger partial charge in [-0.1, -0.05) is 0 Å². The summed E-state index contributed by atoms with van der Waals surface area (Å²) in [5.41, 5.74) is 5.93. The van der Waals surface area contributed by atoms with E-state index in [1.165, 1.54) is 0 Å². The fourth-order valence-electron chi connectivity index (χ4n) is 1.75. The predicted octanol–water partition coefficient (Wildman–Crippen LogP) is -0.302. The molecule has 1 aromatic rings. The molecule has 2 atom stereocenters. The van der Waals surface area contributed by atoms with Crippen LogP contribution < -0.4 is 11.1 Å². The van der Waals surface area contributed by atoms with Gasteiger partial charge in [0.25, 0.3) is 0 Å². The van der Waals surface area contributed by atoms with E-state index in [0.717, 1.165) is 12.2 Å². The molecule has 0 aromatic carbocycles. The van der Waals surface area contributed by atoms with Gasteiger partial charge in [0.05, 0.1) is 0 Å². The molecule has 5 heteroatoms. The number of imidazole rings is 1. The summed E-state index contributed by atoms with van der Waals surface area (Å²) in [6, 6.07) is -0.176. The predicted molar refractivity (Wildman–Crippen MR) is 51.3 cm³/mol. The zero-order chi connectivity index (χ0) is 10.1.